The molecule has 3 aromatic carbocycles. The summed E-state index contributed by atoms with van der Waals surface area (Å²) >= 11 is 0. The number of likely N-dealkylation sites (tertiary alicyclic amines) is 1. The zero-order chi connectivity index (χ0) is 35.4. The lowest BCUT2D eigenvalue weighted by Gasteiger charge is -2.34. The number of benzene rings is 2. The van der Waals surface area contributed by atoms with E-state index < -0.39 is 29.3 Å². The number of rotatable bonds is 13. The van der Waals surface area contributed by atoms with Gasteiger partial charge in [0.1, 0.15) is 23.7 Å². The van der Waals surface area contributed by atoms with Crippen molar-refractivity contribution in [1.29, 1.82) is 0 Å². The number of allylic oxidation sites excluding steroid dienone is 1. The highest BCUT2D eigenvalue weighted by atomic mass is 19.4. The largest absolute Gasteiger partial charge is 0.506 e. The first-order chi connectivity index (χ1) is 23.5. The Kier molecular flexibility index (Phi) is 13.6. The molecule has 1 fully saturated rings. The zero-order valence-corrected chi connectivity index (χ0v) is 28.3. The van der Waals surface area contributed by atoms with Crippen LogP contribution >= 0.6 is 0 Å². The molecule has 5 rings (SSSR count). The first kappa shape index (κ1) is 37.3. The Labute approximate surface area is 285 Å². The molecule has 1 aliphatic heterocycles. The number of aryl methyl sites for hydroxylation is 1. The molecule has 1 aliphatic rings. The average molecular weight is 678 g/mol. The number of pyridine rings is 1. The number of nitrogens with one attached hydrogen (secondary N) is 3. The molecular formula is C38H46F3N5O3. The van der Waals surface area contributed by atoms with Crippen molar-refractivity contribution in [3.63, 3.8) is 0 Å². The lowest BCUT2D eigenvalue weighted by atomic mass is 9.89. The van der Waals surface area contributed by atoms with E-state index in [0.717, 1.165) is 19.0 Å². The fourth-order valence-corrected chi connectivity index (χ4v) is 5.89. The van der Waals surface area contributed by atoms with Gasteiger partial charge in [-0.2, -0.15) is 13.2 Å². The number of nitrogens with zero attached hydrogens (tertiary/aromatic N) is 2. The molecule has 1 saturated heterocycles. The molecule has 0 spiro atoms. The predicted octanol–water partition coefficient (Wildman–Crippen LogP) is 6.74. The molecule has 262 valence electrons. The summed E-state index contributed by atoms with van der Waals surface area (Å²) in [6.07, 6.45) is 5.49. The molecule has 0 saturated carbocycles. The number of halogens is 3. The van der Waals surface area contributed by atoms with Crippen molar-refractivity contribution in [3.05, 3.63) is 122 Å². The van der Waals surface area contributed by atoms with Gasteiger partial charge in [-0.15, -0.1) is 0 Å². The standard InChI is InChI=1S/C26H36N2.C12H10F3N3O3/c1-3-22(20-27-2)14-15-23-16-18-28(19-17-23)21-26(24-10-6-4-7-11-24)25-12-8-5-9-13-25;1-5-7(19)2-6(3-16-5)18-9-8(10(20)11(9)21)17-4-12(13,14)15/h4-15,22-23,26-27H,3,16-21H2,1-2H3;2-3,17-19H,4H2,1H3/b15-14-;. The summed E-state index contributed by atoms with van der Waals surface area (Å²) < 4.78 is 36.3. The highest BCUT2D eigenvalue weighted by molar-refractivity contribution is 5.78. The molecule has 0 radical (unpaired) electrons. The van der Waals surface area contributed by atoms with Crippen LogP contribution in [0.2, 0.25) is 0 Å². The SMILES string of the molecule is CCC(/C=C\C1CCN(CC(c2ccccc2)c2ccccc2)CC1)CNC.Cc1ncc(Nc2c(NCC(F)(F)F)c(=O)c2=O)cc1O. The van der Waals surface area contributed by atoms with Crippen LogP contribution in [-0.4, -0.2) is 60.9 Å². The molecule has 2 heterocycles. The molecule has 0 amide bonds. The predicted molar refractivity (Wildman–Crippen MR) is 191 cm³/mol. The van der Waals surface area contributed by atoms with Crippen molar-refractivity contribution in [3.8, 4) is 5.75 Å². The van der Waals surface area contributed by atoms with Crippen molar-refractivity contribution in [2.45, 2.75) is 45.2 Å². The Morgan fingerprint density at radius 3 is 2.10 bits per heavy atom. The highest BCUT2D eigenvalue weighted by Gasteiger charge is 2.30. The van der Waals surface area contributed by atoms with Crippen molar-refractivity contribution in [1.82, 2.24) is 15.2 Å². The van der Waals surface area contributed by atoms with Gasteiger partial charge >= 0.3 is 6.18 Å². The second-order valence-electron chi connectivity index (χ2n) is 12.5. The summed E-state index contributed by atoms with van der Waals surface area (Å²) in [5.74, 6) is 1.72. The van der Waals surface area contributed by atoms with Gasteiger partial charge in [-0.25, -0.2) is 0 Å². The fourth-order valence-electron chi connectivity index (χ4n) is 5.89. The molecule has 1 atom stereocenters. The minimum absolute atomic E-state index is 0.150. The van der Waals surface area contributed by atoms with Crippen LogP contribution in [0.3, 0.4) is 0 Å². The molecule has 4 aromatic rings. The number of hydrogen-bond donors (Lipinski definition) is 4. The first-order valence-corrected chi connectivity index (χ1v) is 16.7. The Morgan fingerprint density at radius 2 is 1.57 bits per heavy atom. The van der Waals surface area contributed by atoms with Crippen LogP contribution in [0.5, 0.6) is 5.75 Å². The van der Waals surface area contributed by atoms with Gasteiger partial charge in [0.15, 0.2) is 0 Å². The molecule has 1 aromatic heterocycles. The van der Waals surface area contributed by atoms with Gasteiger partial charge in [0.25, 0.3) is 10.9 Å². The maximum absolute atomic E-state index is 12.1. The van der Waals surface area contributed by atoms with Gasteiger partial charge in [0.2, 0.25) is 0 Å². The van der Waals surface area contributed by atoms with E-state index in [9.17, 15) is 27.9 Å². The summed E-state index contributed by atoms with van der Waals surface area (Å²) in [4.78, 5) is 29.1. The van der Waals surface area contributed by atoms with Gasteiger partial charge in [0.05, 0.1) is 17.6 Å². The third-order valence-electron chi connectivity index (χ3n) is 8.83. The Bertz CT molecular complexity index is 1660. The van der Waals surface area contributed by atoms with Gasteiger partial charge in [-0.1, -0.05) is 79.7 Å². The van der Waals surface area contributed by atoms with Crippen molar-refractivity contribution >= 4 is 17.1 Å². The summed E-state index contributed by atoms with van der Waals surface area (Å²) in [6, 6.07) is 23.2. The number of hydrogen-bond acceptors (Lipinski definition) is 8. The van der Waals surface area contributed by atoms with Gasteiger partial charge in [0, 0.05) is 25.1 Å². The Morgan fingerprint density at radius 1 is 0.980 bits per heavy atom. The van der Waals surface area contributed by atoms with E-state index in [2.05, 4.69) is 100 Å². The molecular weight excluding hydrogens is 631 g/mol. The maximum Gasteiger partial charge on any atom is 0.405 e. The second kappa shape index (κ2) is 17.8. The van der Waals surface area contributed by atoms with Crippen molar-refractivity contribution < 1.29 is 18.3 Å². The van der Waals surface area contributed by atoms with E-state index in [-0.39, 0.29) is 17.1 Å². The number of anilines is 3. The highest BCUT2D eigenvalue weighted by Crippen LogP contribution is 2.29. The minimum Gasteiger partial charge on any atom is -0.506 e. The smallest absolute Gasteiger partial charge is 0.405 e. The molecule has 4 N–H and O–H groups in total. The quantitative estimate of drug-likeness (QED) is 0.0911. The summed E-state index contributed by atoms with van der Waals surface area (Å²) in [7, 11) is 2.05. The van der Waals surface area contributed by atoms with E-state index >= 15 is 0 Å². The van der Waals surface area contributed by atoms with Crippen LogP contribution in [0.1, 0.15) is 48.9 Å². The summed E-state index contributed by atoms with van der Waals surface area (Å²) in [5.41, 5.74) is 0.709. The molecule has 0 bridgehead atoms. The Balaban J connectivity index is 0.000000230. The third kappa shape index (κ3) is 11.0. The molecule has 0 aliphatic carbocycles. The van der Waals surface area contributed by atoms with Crippen LogP contribution in [-0.2, 0) is 0 Å². The Hall–Kier alpha value is -4.48. The normalized spacial score (nSPS) is 14.9. The lowest BCUT2D eigenvalue weighted by molar-refractivity contribution is -0.115. The van der Waals surface area contributed by atoms with E-state index in [4.69, 9.17) is 0 Å². The topological polar surface area (TPSA) is 107 Å². The first-order valence-electron chi connectivity index (χ1n) is 16.7. The van der Waals surface area contributed by atoms with Crippen molar-refractivity contribution in [2.75, 3.05) is 50.4 Å². The zero-order valence-electron chi connectivity index (χ0n) is 28.3. The summed E-state index contributed by atoms with van der Waals surface area (Å²) in [5, 5.41) is 17.1. The number of alkyl halides is 3. The summed E-state index contributed by atoms with van der Waals surface area (Å²) in [6.45, 7) is 7.00. The van der Waals surface area contributed by atoms with E-state index in [0.29, 0.717) is 17.5 Å². The number of piperidine rings is 1. The van der Waals surface area contributed by atoms with Gasteiger partial charge < -0.3 is 26.0 Å². The van der Waals surface area contributed by atoms with Crippen LogP contribution in [0, 0.1) is 18.8 Å². The van der Waals surface area contributed by atoms with Crippen LogP contribution in [0.4, 0.5) is 30.2 Å². The van der Waals surface area contributed by atoms with E-state index in [1.807, 2.05) is 12.4 Å². The van der Waals surface area contributed by atoms with Crippen LogP contribution in [0.25, 0.3) is 0 Å². The average Bonchev–Trinajstić information content (AvgIpc) is 3.11. The van der Waals surface area contributed by atoms with Gasteiger partial charge in [-0.05, 0) is 69.3 Å². The second-order valence-corrected chi connectivity index (χ2v) is 12.5. The monoisotopic (exact) mass is 677 g/mol. The maximum atomic E-state index is 12.1. The van der Waals surface area contributed by atoms with E-state index in [1.165, 1.54) is 55.7 Å². The number of aromatic nitrogens is 1. The third-order valence-corrected chi connectivity index (χ3v) is 8.83. The lowest BCUT2D eigenvalue weighted by Crippen LogP contribution is -2.38. The molecule has 49 heavy (non-hydrogen) atoms. The fraction of sp³-hybridized carbons (Fsp3) is 0.395. The molecule has 11 heteroatoms. The van der Waals surface area contributed by atoms with Crippen LogP contribution < -0.4 is 26.8 Å². The van der Waals surface area contributed by atoms with Crippen molar-refractivity contribution in [2.24, 2.45) is 11.8 Å². The minimum atomic E-state index is -4.51. The molecule has 8 nitrogen and oxygen atoms in total. The number of aromatic hydroxyl groups is 1. The molecule has 1 unspecified atom stereocenters. The van der Waals surface area contributed by atoms with Crippen LogP contribution in [0.15, 0.2) is 94.7 Å². The van der Waals surface area contributed by atoms with E-state index in [1.54, 1.807) is 6.92 Å². The van der Waals surface area contributed by atoms with Gasteiger partial charge in [-0.3, -0.25) is 14.6 Å².